The number of rotatable bonds is 4. The standard InChI is InChI=1S/C15H17NO2S/c1-10-4-5-13(11(2)8-10)16(3)9-12-6-7-19-14(12)15(17)18/h4-8H,9H2,1-3H3,(H,17,18). The molecule has 0 atom stereocenters. The molecule has 0 aliphatic carbocycles. The van der Waals surface area contributed by atoms with E-state index in [1.54, 1.807) is 0 Å². The maximum absolute atomic E-state index is 11.1. The third-order valence-electron chi connectivity index (χ3n) is 3.11. The van der Waals surface area contributed by atoms with Crippen molar-refractivity contribution in [3.05, 3.63) is 51.2 Å². The van der Waals surface area contributed by atoms with Gasteiger partial charge in [0.2, 0.25) is 0 Å². The van der Waals surface area contributed by atoms with Crippen LogP contribution in [0.15, 0.2) is 29.6 Å². The zero-order chi connectivity index (χ0) is 14.0. The van der Waals surface area contributed by atoms with E-state index in [9.17, 15) is 4.79 Å². The molecule has 0 spiro atoms. The summed E-state index contributed by atoms with van der Waals surface area (Å²) in [6, 6.07) is 8.17. The Labute approximate surface area is 117 Å². The number of hydrogen-bond donors (Lipinski definition) is 1. The van der Waals surface area contributed by atoms with Gasteiger partial charge in [0.15, 0.2) is 0 Å². The topological polar surface area (TPSA) is 40.5 Å². The van der Waals surface area contributed by atoms with Crippen LogP contribution in [0.2, 0.25) is 0 Å². The summed E-state index contributed by atoms with van der Waals surface area (Å²) in [5.74, 6) is -0.848. The van der Waals surface area contributed by atoms with Gasteiger partial charge in [-0.3, -0.25) is 0 Å². The second-order valence-corrected chi connectivity index (χ2v) is 5.64. The van der Waals surface area contributed by atoms with Gasteiger partial charge in [-0.2, -0.15) is 0 Å². The number of anilines is 1. The molecule has 0 aliphatic heterocycles. The number of carboxylic acids is 1. The minimum atomic E-state index is -0.848. The number of carbonyl (C=O) groups is 1. The number of benzene rings is 1. The first-order valence-electron chi connectivity index (χ1n) is 6.07. The van der Waals surface area contributed by atoms with Gasteiger partial charge in [-0.05, 0) is 42.5 Å². The Morgan fingerprint density at radius 3 is 2.68 bits per heavy atom. The molecule has 0 bridgehead atoms. The molecule has 100 valence electrons. The Morgan fingerprint density at radius 2 is 2.05 bits per heavy atom. The van der Waals surface area contributed by atoms with Gasteiger partial charge < -0.3 is 10.0 Å². The minimum Gasteiger partial charge on any atom is -0.477 e. The summed E-state index contributed by atoms with van der Waals surface area (Å²) in [4.78, 5) is 13.6. The zero-order valence-corrected chi connectivity index (χ0v) is 12.1. The van der Waals surface area contributed by atoms with E-state index in [2.05, 4.69) is 36.9 Å². The van der Waals surface area contributed by atoms with Gasteiger partial charge in [-0.1, -0.05) is 17.7 Å². The van der Waals surface area contributed by atoms with Gasteiger partial charge in [0, 0.05) is 19.3 Å². The summed E-state index contributed by atoms with van der Waals surface area (Å²) in [7, 11) is 1.99. The van der Waals surface area contributed by atoms with Crippen molar-refractivity contribution in [3.63, 3.8) is 0 Å². The maximum Gasteiger partial charge on any atom is 0.346 e. The fourth-order valence-corrected chi connectivity index (χ4v) is 2.98. The van der Waals surface area contributed by atoms with E-state index in [0.29, 0.717) is 11.4 Å². The van der Waals surface area contributed by atoms with Crippen LogP contribution in [0.1, 0.15) is 26.4 Å². The normalized spacial score (nSPS) is 10.5. The molecule has 4 heteroatoms. The highest BCUT2D eigenvalue weighted by Crippen LogP contribution is 2.24. The van der Waals surface area contributed by atoms with Gasteiger partial charge in [0.25, 0.3) is 0 Å². The SMILES string of the molecule is Cc1ccc(N(C)Cc2ccsc2C(=O)O)c(C)c1. The van der Waals surface area contributed by atoms with Crippen molar-refractivity contribution < 1.29 is 9.90 Å². The summed E-state index contributed by atoms with van der Waals surface area (Å²) < 4.78 is 0. The second-order valence-electron chi connectivity index (χ2n) is 4.73. The Kier molecular flexibility index (Phi) is 3.90. The highest BCUT2D eigenvalue weighted by molar-refractivity contribution is 7.12. The van der Waals surface area contributed by atoms with Crippen LogP contribution < -0.4 is 4.90 Å². The molecule has 0 saturated heterocycles. The van der Waals surface area contributed by atoms with Crippen LogP contribution in [0.3, 0.4) is 0 Å². The molecule has 1 aromatic carbocycles. The van der Waals surface area contributed by atoms with E-state index in [0.717, 1.165) is 11.3 Å². The lowest BCUT2D eigenvalue weighted by Gasteiger charge is -2.21. The van der Waals surface area contributed by atoms with Crippen molar-refractivity contribution in [1.82, 2.24) is 0 Å². The summed E-state index contributed by atoms with van der Waals surface area (Å²) in [5.41, 5.74) is 4.43. The van der Waals surface area contributed by atoms with Gasteiger partial charge in [-0.15, -0.1) is 11.3 Å². The summed E-state index contributed by atoms with van der Waals surface area (Å²) in [6.07, 6.45) is 0. The summed E-state index contributed by atoms with van der Waals surface area (Å²) >= 11 is 1.28. The molecule has 19 heavy (non-hydrogen) atoms. The number of thiophene rings is 1. The van der Waals surface area contributed by atoms with Gasteiger partial charge >= 0.3 is 5.97 Å². The molecule has 3 nitrogen and oxygen atoms in total. The van der Waals surface area contributed by atoms with E-state index in [4.69, 9.17) is 5.11 Å². The Bertz CT molecular complexity index is 604. The van der Waals surface area contributed by atoms with E-state index < -0.39 is 5.97 Å². The molecule has 1 heterocycles. The number of hydrogen-bond acceptors (Lipinski definition) is 3. The van der Waals surface area contributed by atoms with E-state index in [-0.39, 0.29) is 0 Å². The van der Waals surface area contributed by atoms with Crippen LogP contribution >= 0.6 is 11.3 Å². The Balaban J connectivity index is 2.23. The summed E-state index contributed by atoms with van der Waals surface area (Å²) in [5, 5.41) is 10.9. The lowest BCUT2D eigenvalue weighted by Crippen LogP contribution is -2.18. The zero-order valence-electron chi connectivity index (χ0n) is 11.3. The predicted octanol–water partition coefficient (Wildman–Crippen LogP) is 3.70. The van der Waals surface area contributed by atoms with Crippen LogP contribution in [0, 0.1) is 13.8 Å². The molecule has 1 N–H and O–H groups in total. The van der Waals surface area contributed by atoms with Crippen molar-refractivity contribution in [2.45, 2.75) is 20.4 Å². The van der Waals surface area contributed by atoms with Crippen molar-refractivity contribution in [2.75, 3.05) is 11.9 Å². The fraction of sp³-hybridized carbons (Fsp3) is 0.267. The molecule has 0 saturated carbocycles. The van der Waals surface area contributed by atoms with Crippen LogP contribution in [-0.4, -0.2) is 18.1 Å². The molecule has 2 aromatic rings. The van der Waals surface area contributed by atoms with Crippen LogP contribution in [0.5, 0.6) is 0 Å². The van der Waals surface area contributed by atoms with Crippen molar-refractivity contribution in [2.24, 2.45) is 0 Å². The summed E-state index contributed by atoms with van der Waals surface area (Å²) in [6.45, 7) is 4.75. The molecule has 0 radical (unpaired) electrons. The molecule has 0 amide bonds. The predicted molar refractivity (Wildman–Crippen MR) is 79.3 cm³/mol. The van der Waals surface area contributed by atoms with E-state index >= 15 is 0 Å². The molecule has 2 rings (SSSR count). The van der Waals surface area contributed by atoms with Gasteiger partial charge in [0.05, 0.1) is 0 Å². The second kappa shape index (κ2) is 5.45. The van der Waals surface area contributed by atoms with Crippen molar-refractivity contribution >= 4 is 23.0 Å². The largest absolute Gasteiger partial charge is 0.477 e. The molecule has 0 aliphatic rings. The molecular formula is C15H17NO2S. The van der Waals surface area contributed by atoms with Crippen LogP contribution in [-0.2, 0) is 6.54 Å². The Morgan fingerprint density at radius 1 is 1.32 bits per heavy atom. The number of carboxylic acid groups (broad SMARTS) is 1. The number of aromatic carboxylic acids is 1. The quantitative estimate of drug-likeness (QED) is 0.925. The maximum atomic E-state index is 11.1. The first-order valence-corrected chi connectivity index (χ1v) is 6.95. The smallest absolute Gasteiger partial charge is 0.346 e. The average molecular weight is 275 g/mol. The molecule has 0 fully saturated rings. The van der Waals surface area contributed by atoms with Crippen molar-refractivity contribution in [3.8, 4) is 0 Å². The van der Waals surface area contributed by atoms with E-state index in [1.165, 1.54) is 22.5 Å². The van der Waals surface area contributed by atoms with Crippen LogP contribution in [0.25, 0.3) is 0 Å². The highest BCUT2D eigenvalue weighted by atomic mass is 32.1. The van der Waals surface area contributed by atoms with Gasteiger partial charge in [-0.25, -0.2) is 4.79 Å². The number of aryl methyl sites for hydroxylation is 2. The monoisotopic (exact) mass is 275 g/mol. The highest BCUT2D eigenvalue weighted by Gasteiger charge is 2.14. The van der Waals surface area contributed by atoms with Crippen LogP contribution in [0.4, 0.5) is 5.69 Å². The minimum absolute atomic E-state index is 0.427. The fourth-order valence-electron chi connectivity index (χ4n) is 2.22. The first-order chi connectivity index (χ1) is 8.99. The third-order valence-corrected chi connectivity index (χ3v) is 4.06. The lowest BCUT2D eigenvalue weighted by molar-refractivity contribution is 0.0701. The lowest BCUT2D eigenvalue weighted by atomic mass is 10.1. The van der Waals surface area contributed by atoms with E-state index in [1.807, 2.05) is 18.5 Å². The average Bonchev–Trinajstić information content (AvgIpc) is 2.76. The third kappa shape index (κ3) is 2.96. The van der Waals surface area contributed by atoms with Gasteiger partial charge in [0.1, 0.15) is 4.88 Å². The number of nitrogens with zero attached hydrogens (tertiary/aromatic N) is 1. The first kappa shape index (κ1) is 13.6. The molecule has 1 aromatic heterocycles. The molecule has 0 unspecified atom stereocenters. The van der Waals surface area contributed by atoms with Crippen molar-refractivity contribution in [1.29, 1.82) is 0 Å². The Hall–Kier alpha value is -1.81. The molecular weight excluding hydrogens is 258 g/mol.